The van der Waals surface area contributed by atoms with Crippen LogP contribution in [0.5, 0.6) is 0 Å². The predicted octanol–water partition coefficient (Wildman–Crippen LogP) is 0.102. The summed E-state index contributed by atoms with van der Waals surface area (Å²) < 4.78 is 4.80. The van der Waals surface area contributed by atoms with Crippen LogP contribution in [-0.4, -0.2) is 28.6 Å². The molecule has 0 bridgehead atoms. The maximum absolute atomic E-state index is 11.6. The lowest BCUT2D eigenvalue weighted by Crippen LogP contribution is -2.49. The van der Waals surface area contributed by atoms with Crippen molar-refractivity contribution in [3.63, 3.8) is 0 Å². The molecule has 90 valence electrons. The van der Waals surface area contributed by atoms with Crippen LogP contribution in [0.2, 0.25) is 0 Å². The first kappa shape index (κ1) is 12.6. The summed E-state index contributed by atoms with van der Waals surface area (Å²) in [4.78, 5) is 15.5. The van der Waals surface area contributed by atoms with Crippen LogP contribution in [0.15, 0.2) is 10.9 Å². The standard InChI is InChI=1S/C10H18N4O2/c1-10(2,3)8(11)9(15)12-5-4-7-13-6-14-16-7/h6,8H,4-5,11H2,1-3H3,(H,12,15)/t8-/m0/s1. The van der Waals surface area contributed by atoms with Crippen LogP contribution in [0.3, 0.4) is 0 Å². The minimum absolute atomic E-state index is 0.160. The Morgan fingerprint density at radius 2 is 2.31 bits per heavy atom. The quantitative estimate of drug-likeness (QED) is 0.759. The summed E-state index contributed by atoms with van der Waals surface area (Å²) in [6.45, 7) is 6.23. The summed E-state index contributed by atoms with van der Waals surface area (Å²) in [5.74, 6) is 0.344. The van der Waals surface area contributed by atoms with Crippen LogP contribution in [0, 0.1) is 5.41 Å². The number of aromatic nitrogens is 2. The van der Waals surface area contributed by atoms with Crippen molar-refractivity contribution in [2.45, 2.75) is 33.2 Å². The van der Waals surface area contributed by atoms with Gasteiger partial charge in [0.2, 0.25) is 11.8 Å². The normalized spacial score (nSPS) is 13.5. The molecule has 0 saturated carbocycles. The summed E-state index contributed by atoms with van der Waals surface area (Å²) in [5, 5.41) is 6.21. The number of nitrogens with zero attached hydrogens (tertiary/aromatic N) is 2. The van der Waals surface area contributed by atoms with Crippen molar-refractivity contribution in [1.82, 2.24) is 15.5 Å². The fourth-order valence-electron chi connectivity index (χ4n) is 1.10. The van der Waals surface area contributed by atoms with Crippen LogP contribution >= 0.6 is 0 Å². The highest BCUT2D eigenvalue weighted by atomic mass is 16.5. The SMILES string of the molecule is CC(C)(C)[C@@H](N)C(=O)NCCc1ncno1. The molecule has 6 heteroatoms. The van der Waals surface area contributed by atoms with E-state index in [4.69, 9.17) is 10.3 Å². The molecule has 0 aliphatic heterocycles. The molecular weight excluding hydrogens is 208 g/mol. The second-order valence-corrected chi connectivity index (χ2v) is 4.72. The van der Waals surface area contributed by atoms with Gasteiger partial charge in [0.1, 0.15) is 0 Å². The third kappa shape index (κ3) is 3.62. The lowest BCUT2D eigenvalue weighted by atomic mass is 9.87. The van der Waals surface area contributed by atoms with Gasteiger partial charge < -0.3 is 15.6 Å². The highest BCUT2D eigenvalue weighted by Crippen LogP contribution is 2.16. The number of hydrogen-bond acceptors (Lipinski definition) is 5. The van der Waals surface area contributed by atoms with Gasteiger partial charge in [0.15, 0.2) is 6.33 Å². The van der Waals surface area contributed by atoms with Gasteiger partial charge in [-0.2, -0.15) is 4.98 Å². The van der Waals surface area contributed by atoms with Crippen molar-refractivity contribution in [1.29, 1.82) is 0 Å². The zero-order chi connectivity index (χ0) is 12.2. The Morgan fingerprint density at radius 3 is 2.81 bits per heavy atom. The maximum Gasteiger partial charge on any atom is 0.237 e. The molecule has 1 aromatic rings. The van der Waals surface area contributed by atoms with Crippen LogP contribution in [0.25, 0.3) is 0 Å². The van der Waals surface area contributed by atoms with Crippen LogP contribution in [0.4, 0.5) is 0 Å². The van der Waals surface area contributed by atoms with E-state index in [1.165, 1.54) is 6.33 Å². The highest BCUT2D eigenvalue weighted by Gasteiger charge is 2.26. The maximum atomic E-state index is 11.6. The molecule has 0 fully saturated rings. The van der Waals surface area contributed by atoms with Crippen molar-refractivity contribution < 1.29 is 9.32 Å². The second kappa shape index (κ2) is 5.07. The van der Waals surface area contributed by atoms with Crippen molar-refractivity contribution in [2.75, 3.05) is 6.54 Å². The molecule has 0 aliphatic carbocycles. The molecule has 1 atom stereocenters. The molecule has 0 aromatic carbocycles. The molecule has 0 aliphatic rings. The Labute approximate surface area is 94.6 Å². The summed E-state index contributed by atoms with van der Waals surface area (Å²) in [5.41, 5.74) is 5.55. The average molecular weight is 226 g/mol. The van der Waals surface area contributed by atoms with E-state index in [1.54, 1.807) is 0 Å². The third-order valence-electron chi connectivity index (χ3n) is 2.26. The zero-order valence-electron chi connectivity index (χ0n) is 9.86. The van der Waals surface area contributed by atoms with Gasteiger partial charge in [-0.3, -0.25) is 4.79 Å². The average Bonchev–Trinajstić information content (AvgIpc) is 2.67. The van der Waals surface area contributed by atoms with E-state index in [0.717, 1.165) is 0 Å². The fourth-order valence-corrected chi connectivity index (χ4v) is 1.10. The van der Waals surface area contributed by atoms with Gasteiger partial charge >= 0.3 is 0 Å². The molecule has 0 spiro atoms. The molecule has 0 saturated heterocycles. The second-order valence-electron chi connectivity index (χ2n) is 4.72. The van der Waals surface area contributed by atoms with Gasteiger partial charge in [0.25, 0.3) is 0 Å². The van der Waals surface area contributed by atoms with Crippen molar-refractivity contribution >= 4 is 5.91 Å². The Bertz CT molecular complexity index is 329. The van der Waals surface area contributed by atoms with E-state index in [-0.39, 0.29) is 11.3 Å². The molecule has 1 amide bonds. The number of carbonyl (C=O) groups excluding carboxylic acids is 1. The summed E-state index contributed by atoms with van der Waals surface area (Å²) in [6.07, 6.45) is 1.85. The van der Waals surface area contributed by atoms with Gasteiger partial charge in [-0.25, -0.2) is 0 Å². The smallest absolute Gasteiger partial charge is 0.237 e. The largest absolute Gasteiger partial charge is 0.354 e. The predicted molar refractivity (Wildman–Crippen MR) is 58.4 cm³/mol. The van der Waals surface area contributed by atoms with E-state index in [1.807, 2.05) is 20.8 Å². The lowest BCUT2D eigenvalue weighted by molar-refractivity contribution is -0.124. The molecule has 16 heavy (non-hydrogen) atoms. The van der Waals surface area contributed by atoms with Gasteiger partial charge in [-0.05, 0) is 5.41 Å². The summed E-state index contributed by atoms with van der Waals surface area (Å²) in [7, 11) is 0. The summed E-state index contributed by atoms with van der Waals surface area (Å²) >= 11 is 0. The minimum Gasteiger partial charge on any atom is -0.354 e. The Hall–Kier alpha value is -1.43. The van der Waals surface area contributed by atoms with Gasteiger partial charge in [-0.15, -0.1) is 0 Å². The molecule has 3 N–H and O–H groups in total. The number of nitrogens with one attached hydrogen (secondary N) is 1. The molecule has 1 aromatic heterocycles. The highest BCUT2D eigenvalue weighted by molar-refractivity contribution is 5.82. The van der Waals surface area contributed by atoms with Crippen molar-refractivity contribution in [2.24, 2.45) is 11.1 Å². The minimum atomic E-state index is -0.518. The fraction of sp³-hybridized carbons (Fsp3) is 0.700. The number of hydrogen-bond donors (Lipinski definition) is 2. The molecule has 1 rings (SSSR count). The monoisotopic (exact) mass is 226 g/mol. The Balaban J connectivity index is 2.30. The van der Waals surface area contributed by atoms with Crippen LogP contribution in [-0.2, 0) is 11.2 Å². The van der Waals surface area contributed by atoms with Crippen molar-refractivity contribution in [3.8, 4) is 0 Å². The molecule has 6 nitrogen and oxygen atoms in total. The Kier molecular flexibility index (Phi) is 4.00. The van der Waals surface area contributed by atoms with Gasteiger partial charge in [-0.1, -0.05) is 25.9 Å². The topological polar surface area (TPSA) is 94.0 Å². The zero-order valence-corrected chi connectivity index (χ0v) is 9.86. The first-order chi connectivity index (χ1) is 7.41. The molecular formula is C10H18N4O2. The van der Waals surface area contributed by atoms with E-state index < -0.39 is 6.04 Å². The number of amides is 1. The Morgan fingerprint density at radius 1 is 1.62 bits per heavy atom. The third-order valence-corrected chi connectivity index (χ3v) is 2.26. The number of nitrogens with two attached hydrogens (primary N) is 1. The number of carbonyl (C=O) groups is 1. The number of rotatable bonds is 4. The molecule has 0 unspecified atom stereocenters. The van der Waals surface area contributed by atoms with E-state index in [0.29, 0.717) is 18.9 Å². The van der Waals surface area contributed by atoms with Crippen LogP contribution < -0.4 is 11.1 Å². The first-order valence-corrected chi connectivity index (χ1v) is 5.20. The van der Waals surface area contributed by atoms with Crippen molar-refractivity contribution in [3.05, 3.63) is 12.2 Å². The summed E-state index contributed by atoms with van der Waals surface area (Å²) in [6, 6.07) is -0.518. The van der Waals surface area contributed by atoms with Gasteiger partial charge in [0, 0.05) is 13.0 Å². The van der Waals surface area contributed by atoms with E-state index >= 15 is 0 Å². The lowest BCUT2D eigenvalue weighted by Gasteiger charge is -2.25. The van der Waals surface area contributed by atoms with Crippen LogP contribution in [0.1, 0.15) is 26.7 Å². The van der Waals surface area contributed by atoms with E-state index in [9.17, 15) is 4.79 Å². The molecule has 0 radical (unpaired) electrons. The van der Waals surface area contributed by atoms with Gasteiger partial charge in [0.05, 0.1) is 6.04 Å². The van der Waals surface area contributed by atoms with E-state index in [2.05, 4.69) is 15.5 Å². The first-order valence-electron chi connectivity index (χ1n) is 5.20. The molecule has 1 heterocycles.